The lowest BCUT2D eigenvalue weighted by atomic mass is 9.81. The van der Waals surface area contributed by atoms with Crippen molar-refractivity contribution < 1.29 is 19.1 Å². The summed E-state index contributed by atoms with van der Waals surface area (Å²) in [6, 6.07) is 23.7. The first-order chi connectivity index (χ1) is 16.1. The lowest BCUT2D eigenvalue weighted by Crippen LogP contribution is -2.32. The zero-order valence-electron chi connectivity index (χ0n) is 18.0. The zero-order valence-corrected chi connectivity index (χ0v) is 18.0. The minimum absolute atomic E-state index is 0.114. The van der Waals surface area contributed by atoms with Gasteiger partial charge in [-0.25, -0.2) is 4.79 Å². The summed E-state index contributed by atoms with van der Waals surface area (Å²) in [5.41, 5.74) is 2.51. The maximum Gasteiger partial charge on any atom is 0.343 e. The molecule has 164 valence electrons. The SMILES string of the molecule is O=C(Oc1ccccc1-c1ccccc1)c1cccc(N2C(=O)[C@H]3[C@@H]4CC[C@@H](C4)[C@@H]3C2=O)c1. The van der Waals surface area contributed by atoms with E-state index in [2.05, 4.69) is 0 Å². The van der Waals surface area contributed by atoms with Gasteiger partial charge in [0.25, 0.3) is 0 Å². The Kier molecular flexibility index (Phi) is 4.64. The molecule has 1 saturated heterocycles. The number of fused-ring (bicyclic) bond motifs is 5. The van der Waals surface area contributed by atoms with Gasteiger partial charge < -0.3 is 4.74 Å². The van der Waals surface area contributed by atoms with E-state index in [1.165, 1.54) is 4.90 Å². The third-order valence-electron chi connectivity index (χ3n) is 7.44. The number of benzene rings is 3. The highest BCUT2D eigenvalue weighted by Gasteiger charge is 2.61. The molecule has 2 aliphatic carbocycles. The maximum atomic E-state index is 13.2. The molecule has 2 amide bonds. The standard InChI is InChI=1S/C28H23NO4/c30-26-24-18-13-14-19(15-18)25(24)27(31)29(26)21-10-6-9-20(16-21)28(32)33-23-12-5-4-11-22(23)17-7-2-1-3-8-17/h1-12,16,18-19,24-25H,13-15H2/t18-,19+,24-,25-/m0/s1. The van der Waals surface area contributed by atoms with Gasteiger partial charge in [-0.1, -0.05) is 54.6 Å². The average molecular weight is 437 g/mol. The molecule has 4 atom stereocenters. The molecule has 0 aromatic heterocycles. The molecule has 2 bridgehead atoms. The Bertz CT molecular complexity index is 1240. The molecule has 5 heteroatoms. The number of hydrogen-bond acceptors (Lipinski definition) is 4. The van der Waals surface area contributed by atoms with Gasteiger partial charge in [-0.3, -0.25) is 14.5 Å². The number of amides is 2. The fraction of sp³-hybridized carbons (Fsp3) is 0.250. The highest BCUT2D eigenvalue weighted by atomic mass is 16.5. The summed E-state index contributed by atoms with van der Waals surface area (Å²) >= 11 is 0. The topological polar surface area (TPSA) is 63.7 Å². The summed E-state index contributed by atoms with van der Waals surface area (Å²) in [6.07, 6.45) is 3.06. The van der Waals surface area contributed by atoms with Gasteiger partial charge in [-0.05, 0) is 60.9 Å². The molecule has 0 unspecified atom stereocenters. The van der Waals surface area contributed by atoms with E-state index < -0.39 is 5.97 Å². The van der Waals surface area contributed by atoms with Crippen LogP contribution in [0.3, 0.4) is 0 Å². The lowest BCUT2D eigenvalue weighted by molar-refractivity contribution is -0.123. The Morgan fingerprint density at radius 1 is 0.788 bits per heavy atom. The first-order valence-corrected chi connectivity index (χ1v) is 11.5. The molecule has 2 saturated carbocycles. The second kappa shape index (κ2) is 7.69. The first-order valence-electron chi connectivity index (χ1n) is 11.5. The molecule has 0 spiro atoms. The van der Waals surface area contributed by atoms with Gasteiger partial charge in [-0.15, -0.1) is 0 Å². The van der Waals surface area contributed by atoms with Gasteiger partial charge in [0.15, 0.2) is 0 Å². The van der Waals surface area contributed by atoms with Crippen LogP contribution in [-0.2, 0) is 9.59 Å². The van der Waals surface area contributed by atoms with Gasteiger partial charge in [-0.2, -0.15) is 0 Å². The van der Waals surface area contributed by atoms with Crippen LogP contribution in [0.25, 0.3) is 11.1 Å². The van der Waals surface area contributed by atoms with E-state index in [-0.39, 0.29) is 23.7 Å². The summed E-state index contributed by atoms with van der Waals surface area (Å²) in [4.78, 5) is 40.6. The molecule has 6 rings (SSSR count). The number of rotatable bonds is 4. The van der Waals surface area contributed by atoms with Crippen molar-refractivity contribution >= 4 is 23.5 Å². The Labute approximate surface area is 192 Å². The average Bonchev–Trinajstić information content (AvgIpc) is 3.53. The number of esters is 1. The smallest absolute Gasteiger partial charge is 0.343 e. The molecular formula is C28H23NO4. The van der Waals surface area contributed by atoms with Crippen LogP contribution in [0, 0.1) is 23.7 Å². The molecule has 3 aromatic rings. The Morgan fingerprint density at radius 2 is 1.45 bits per heavy atom. The van der Waals surface area contributed by atoms with E-state index in [0.29, 0.717) is 28.8 Å². The molecule has 3 aromatic carbocycles. The van der Waals surface area contributed by atoms with E-state index in [9.17, 15) is 14.4 Å². The quantitative estimate of drug-likeness (QED) is 0.323. The van der Waals surface area contributed by atoms with E-state index in [1.54, 1.807) is 30.3 Å². The van der Waals surface area contributed by atoms with Crippen LogP contribution in [0.15, 0.2) is 78.9 Å². The molecule has 3 fully saturated rings. The molecule has 1 heterocycles. The van der Waals surface area contributed by atoms with Crippen molar-refractivity contribution in [2.24, 2.45) is 23.7 Å². The van der Waals surface area contributed by atoms with Gasteiger partial charge in [0.2, 0.25) is 11.8 Å². The molecule has 0 N–H and O–H groups in total. The summed E-state index contributed by atoms with van der Waals surface area (Å²) in [7, 11) is 0. The van der Waals surface area contributed by atoms with Crippen molar-refractivity contribution in [2.75, 3.05) is 4.90 Å². The van der Waals surface area contributed by atoms with Crippen LogP contribution in [0.5, 0.6) is 5.75 Å². The van der Waals surface area contributed by atoms with E-state index in [1.807, 2.05) is 48.5 Å². The van der Waals surface area contributed by atoms with E-state index in [0.717, 1.165) is 30.4 Å². The van der Waals surface area contributed by atoms with Crippen LogP contribution in [0.2, 0.25) is 0 Å². The number of imide groups is 1. The van der Waals surface area contributed by atoms with Crippen molar-refractivity contribution in [2.45, 2.75) is 19.3 Å². The van der Waals surface area contributed by atoms with Gasteiger partial charge in [0.05, 0.1) is 23.1 Å². The van der Waals surface area contributed by atoms with Crippen LogP contribution < -0.4 is 9.64 Å². The number of ether oxygens (including phenoxy) is 1. The third kappa shape index (κ3) is 3.18. The zero-order chi connectivity index (χ0) is 22.5. The second-order valence-electron chi connectivity index (χ2n) is 9.20. The van der Waals surface area contributed by atoms with E-state index in [4.69, 9.17) is 4.74 Å². The Morgan fingerprint density at radius 3 is 2.18 bits per heavy atom. The molecule has 33 heavy (non-hydrogen) atoms. The summed E-state index contributed by atoms with van der Waals surface area (Å²) in [5.74, 6) is -0.0326. The second-order valence-corrected chi connectivity index (χ2v) is 9.20. The maximum absolute atomic E-state index is 13.2. The number of para-hydroxylation sites is 1. The third-order valence-corrected chi connectivity index (χ3v) is 7.44. The van der Waals surface area contributed by atoms with Gasteiger partial charge in [0, 0.05) is 5.56 Å². The fourth-order valence-electron chi connectivity index (χ4n) is 6.01. The molecule has 5 nitrogen and oxygen atoms in total. The highest BCUT2D eigenvalue weighted by Crippen LogP contribution is 2.56. The lowest BCUT2D eigenvalue weighted by Gasteiger charge is -2.19. The molecule has 3 aliphatic rings. The number of carbonyl (C=O) groups is 3. The van der Waals surface area contributed by atoms with Crippen molar-refractivity contribution in [1.82, 2.24) is 0 Å². The summed E-state index contributed by atoms with van der Waals surface area (Å²) < 4.78 is 5.75. The van der Waals surface area contributed by atoms with Gasteiger partial charge in [0.1, 0.15) is 5.75 Å². The Hall–Kier alpha value is -3.73. The molecule has 1 aliphatic heterocycles. The highest BCUT2D eigenvalue weighted by molar-refractivity contribution is 6.22. The van der Waals surface area contributed by atoms with Crippen molar-refractivity contribution in [3.05, 3.63) is 84.4 Å². The van der Waals surface area contributed by atoms with Crippen LogP contribution in [0.4, 0.5) is 5.69 Å². The molecular weight excluding hydrogens is 414 g/mol. The minimum atomic E-state index is -0.528. The predicted molar refractivity (Wildman–Crippen MR) is 124 cm³/mol. The van der Waals surface area contributed by atoms with Crippen molar-refractivity contribution in [3.8, 4) is 16.9 Å². The number of carbonyl (C=O) groups excluding carboxylic acids is 3. The number of hydrogen-bond donors (Lipinski definition) is 0. The Balaban J connectivity index is 1.27. The number of anilines is 1. The summed E-state index contributed by atoms with van der Waals surface area (Å²) in [6.45, 7) is 0. The fourth-order valence-corrected chi connectivity index (χ4v) is 6.01. The number of nitrogens with zero attached hydrogens (tertiary/aromatic N) is 1. The van der Waals surface area contributed by atoms with Gasteiger partial charge >= 0.3 is 5.97 Å². The van der Waals surface area contributed by atoms with Crippen molar-refractivity contribution in [3.63, 3.8) is 0 Å². The predicted octanol–water partition coefficient (Wildman–Crippen LogP) is 5.11. The van der Waals surface area contributed by atoms with Crippen LogP contribution in [0.1, 0.15) is 29.6 Å². The summed E-state index contributed by atoms with van der Waals surface area (Å²) in [5, 5.41) is 0. The van der Waals surface area contributed by atoms with E-state index >= 15 is 0 Å². The first kappa shape index (κ1) is 19.9. The molecule has 0 radical (unpaired) electrons. The monoisotopic (exact) mass is 437 g/mol. The largest absolute Gasteiger partial charge is 0.422 e. The van der Waals surface area contributed by atoms with Crippen molar-refractivity contribution in [1.29, 1.82) is 0 Å². The van der Waals surface area contributed by atoms with Crippen LogP contribution >= 0.6 is 0 Å². The van der Waals surface area contributed by atoms with Crippen LogP contribution in [-0.4, -0.2) is 17.8 Å². The normalized spacial score (nSPS) is 25.4. The minimum Gasteiger partial charge on any atom is -0.422 e.